The number of esters is 2. The van der Waals surface area contributed by atoms with Crippen LogP contribution in [-0.4, -0.2) is 89.0 Å². The van der Waals surface area contributed by atoms with Crippen LogP contribution < -0.4 is 0 Å². The summed E-state index contributed by atoms with van der Waals surface area (Å²) in [7, 11) is 0. The minimum absolute atomic E-state index is 0.182. The first-order valence-electron chi connectivity index (χ1n) is 21.1. The Kier molecular flexibility index (Phi) is 31.8. The first-order valence-corrected chi connectivity index (χ1v) is 21.1. The minimum atomic E-state index is -1.60. The monoisotopic (exact) mass is 753 g/mol. The van der Waals surface area contributed by atoms with Crippen LogP contribution in [0.15, 0.2) is 36.5 Å². The maximum absolute atomic E-state index is 12.7. The van der Waals surface area contributed by atoms with Gasteiger partial charge in [0.1, 0.15) is 31.0 Å². The van der Waals surface area contributed by atoms with Gasteiger partial charge in [0.2, 0.25) is 0 Å². The molecule has 0 amide bonds. The summed E-state index contributed by atoms with van der Waals surface area (Å²) in [5, 5.41) is 40.0. The number of ether oxygens (including phenoxy) is 4. The van der Waals surface area contributed by atoms with E-state index in [0.717, 1.165) is 51.4 Å². The summed E-state index contributed by atoms with van der Waals surface area (Å²) in [6.07, 6.45) is 30.1. The van der Waals surface area contributed by atoms with E-state index in [-0.39, 0.29) is 32.0 Å². The topological polar surface area (TPSA) is 152 Å². The van der Waals surface area contributed by atoms with Crippen LogP contribution in [0.5, 0.6) is 0 Å². The standard InChI is InChI=1S/C43H76O10/c1-3-5-7-9-11-13-15-17-18-20-22-24-26-28-30-32-39(46)52-36(35-51-43-42(49)41(48)40(47)37(33-44)53-43)34-50-38(45)31-29-27-25-23-21-19-16-14-12-10-8-6-4-2/h11,13,17-18,22,24,36-37,40-44,47-49H,3-10,12,14-16,19-21,23,25-35H2,1-2H3/b13-11+,18-17+,24-22+/t36-,37-,40+,41?,42?,43-/m1/s1. The average molecular weight is 753 g/mol. The maximum Gasteiger partial charge on any atom is 0.306 e. The van der Waals surface area contributed by atoms with Crippen LogP contribution in [0, 0.1) is 0 Å². The molecule has 10 heteroatoms. The Morgan fingerprint density at radius 1 is 0.585 bits per heavy atom. The van der Waals surface area contributed by atoms with Crippen molar-refractivity contribution >= 4 is 11.9 Å². The second-order valence-electron chi connectivity index (χ2n) is 14.4. The van der Waals surface area contributed by atoms with Gasteiger partial charge in [0.05, 0.1) is 13.2 Å². The molecule has 1 rings (SSSR count). The van der Waals surface area contributed by atoms with Gasteiger partial charge in [-0.25, -0.2) is 0 Å². The predicted octanol–water partition coefficient (Wildman–Crippen LogP) is 8.33. The summed E-state index contributed by atoms with van der Waals surface area (Å²) >= 11 is 0. The van der Waals surface area contributed by atoms with Gasteiger partial charge in [-0.1, -0.05) is 140 Å². The van der Waals surface area contributed by atoms with Crippen LogP contribution in [0.2, 0.25) is 0 Å². The number of rotatable bonds is 34. The van der Waals surface area contributed by atoms with Crippen molar-refractivity contribution in [3.8, 4) is 0 Å². The normalized spacial score (nSPS) is 21.2. The number of aliphatic hydroxyl groups is 4. The number of unbranched alkanes of at least 4 members (excludes halogenated alkanes) is 17. The van der Waals surface area contributed by atoms with Crippen LogP contribution in [0.1, 0.15) is 168 Å². The number of hydrogen-bond donors (Lipinski definition) is 4. The molecule has 0 aliphatic carbocycles. The third-order valence-corrected chi connectivity index (χ3v) is 9.53. The molecule has 0 spiro atoms. The first kappa shape index (κ1) is 48.9. The Balaban J connectivity index is 2.40. The van der Waals surface area contributed by atoms with Crippen molar-refractivity contribution in [2.45, 2.75) is 205 Å². The molecule has 0 aromatic carbocycles. The number of carbonyl (C=O) groups excluding carboxylic acids is 2. The van der Waals surface area contributed by atoms with Gasteiger partial charge in [-0.15, -0.1) is 0 Å². The Labute approximate surface area is 321 Å². The fourth-order valence-electron chi connectivity index (χ4n) is 6.13. The summed E-state index contributed by atoms with van der Waals surface area (Å²) in [5.41, 5.74) is 0. The fraction of sp³-hybridized carbons (Fsp3) is 0.814. The van der Waals surface area contributed by atoms with Gasteiger partial charge in [-0.2, -0.15) is 0 Å². The lowest BCUT2D eigenvalue weighted by molar-refractivity contribution is -0.305. The maximum atomic E-state index is 12.7. The molecule has 53 heavy (non-hydrogen) atoms. The van der Waals surface area contributed by atoms with E-state index in [4.69, 9.17) is 18.9 Å². The summed E-state index contributed by atoms with van der Waals surface area (Å²) in [6.45, 7) is 3.34. The van der Waals surface area contributed by atoms with Gasteiger partial charge in [0.25, 0.3) is 0 Å². The summed E-state index contributed by atoms with van der Waals surface area (Å²) in [5.74, 6) is -0.850. The van der Waals surface area contributed by atoms with Crippen LogP contribution in [0.4, 0.5) is 0 Å². The average Bonchev–Trinajstić information content (AvgIpc) is 3.15. The Hall–Kier alpha value is -2.08. The molecule has 1 aliphatic heterocycles. The lowest BCUT2D eigenvalue weighted by atomic mass is 9.99. The highest BCUT2D eigenvalue weighted by atomic mass is 16.7. The van der Waals surface area contributed by atoms with Crippen molar-refractivity contribution in [3.05, 3.63) is 36.5 Å². The van der Waals surface area contributed by atoms with Gasteiger partial charge < -0.3 is 39.4 Å². The van der Waals surface area contributed by atoms with E-state index >= 15 is 0 Å². The van der Waals surface area contributed by atoms with Crippen LogP contribution in [0.3, 0.4) is 0 Å². The zero-order valence-corrected chi connectivity index (χ0v) is 33.3. The van der Waals surface area contributed by atoms with Gasteiger partial charge >= 0.3 is 11.9 Å². The summed E-state index contributed by atoms with van der Waals surface area (Å²) in [4.78, 5) is 25.2. The third-order valence-electron chi connectivity index (χ3n) is 9.53. The van der Waals surface area contributed by atoms with Gasteiger partial charge in [0, 0.05) is 12.8 Å². The van der Waals surface area contributed by atoms with Crippen LogP contribution in [0.25, 0.3) is 0 Å². The van der Waals surface area contributed by atoms with Gasteiger partial charge in [-0.3, -0.25) is 9.59 Å². The van der Waals surface area contributed by atoms with Crippen molar-refractivity contribution in [2.75, 3.05) is 19.8 Å². The quantitative estimate of drug-likeness (QED) is 0.0287. The molecule has 0 bridgehead atoms. The van der Waals surface area contributed by atoms with E-state index in [0.29, 0.717) is 6.42 Å². The van der Waals surface area contributed by atoms with Crippen molar-refractivity contribution < 1.29 is 49.0 Å². The Morgan fingerprint density at radius 3 is 1.62 bits per heavy atom. The SMILES string of the molecule is CCCCC/C=C/C/C=C/C/C=C/CCCCC(=O)O[C@H](COC(=O)CCCCCCCCCCCCCCC)CO[C@@H]1O[C@H](CO)[C@H](O)C(O)C1O. The molecule has 2 unspecified atom stereocenters. The second kappa shape index (κ2) is 34.4. The number of allylic oxidation sites excluding steroid dienone is 6. The largest absolute Gasteiger partial charge is 0.462 e. The summed E-state index contributed by atoms with van der Waals surface area (Å²) < 4.78 is 22.1. The zero-order valence-electron chi connectivity index (χ0n) is 33.3. The molecule has 1 heterocycles. The van der Waals surface area contributed by atoms with Crippen LogP contribution >= 0.6 is 0 Å². The highest BCUT2D eigenvalue weighted by molar-refractivity contribution is 5.70. The Morgan fingerprint density at radius 2 is 1.06 bits per heavy atom. The van der Waals surface area contributed by atoms with E-state index in [1.807, 2.05) is 0 Å². The molecular formula is C43H76O10. The second-order valence-corrected chi connectivity index (χ2v) is 14.4. The lowest BCUT2D eigenvalue weighted by Gasteiger charge is -2.39. The van der Waals surface area contributed by atoms with Crippen LogP contribution in [-0.2, 0) is 28.5 Å². The molecule has 1 saturated heterocycles. The van der Waals surface area contributed by atoms with Gasteiger partial charge in [-0.05, 0) is 51.4 Å². The summed E-state index contributed by atoms with van der Waals surface area (Å²) in [6, 6.07) is 0. The molecule has 6 atom stereocenters. The highest BCUT2D eigenvalue weighted by Crippen LogP contribution is 2.22. The van der Waals surface area contributed by atoms with Crippen molar-refractivity contribution in [2.24, 2.45) is 0 Å². The molecule has 308 valence electrons. The lowest BCUT2D eigenvalue weighted by Crippen LogP contribution is -2.59. The molecule has 0 aromatic heterocycles. The number of hydrogen-bond acceptors (Lipinski definition) is 10. The minimum Gasteiger partial charge on any atom is -0.462 e. The molecule has 10 nitrogen and oxygen atoms in total. The molecular weight excluding hydrogens is 676 g/mol. The van der Waals surface area contributed by atoms with E-state index in [1.54, 1.807) is 0 Å². The molecule has 4 N–H and O–H groups in total. The van der Waals surface area contributed by atoms with E-state index < -0.39 is 49.4 Å². The zero-order chi connectivity index (χ0) is 38.8. The van der Waals surface area contributed by atoms with Crippen molar-refractivity contribution in [3.63, 3.8) is 0 Å². The molecule has 0 saturated carbocycles. The fourth-order valence-corrected chi connectivity index (χ4v) is 6.13. The molecule has 1 aliphatic rings. The van der Waals surface area contributed by atoms with E-state index in [9.17, 15) is 30.0 Å². The Bertz CT molecular complexity index is 965. The molecule has 0 radical (unpaired) electrons. The van der Waals surface area contributed by atoms with Crippen molar-refractivity contribution in [1.82, 2.24) is 0 Å². The third kappa shape index (κ3) is 26.4. The number of carbonyl (C=O) groups is 2. The highest BCUT2D eigenvalue weighted by Gasteiger charge is 2.44. The molecule has 0 aromatic rings. The van der Waals surface area contributed by atoms with Crippen molar-refractivity contribution in [1.29, 1.82) is 0 Å². The van der Waals surface area contributed by atoms with E-state index in [2.05, 4.69) is 50.3 Å². The molecule has 1 fully saturated rings. The number of aliphatic hydroxyl groups excluding tert-OH is 4. The smallest absolute Gasteiger partial charge is 0.306 e. The van der Waals surface area contributed by atoms with E-state index in [1.165, 1.54) is 83.5 Å². The first-order chi connectivity index (χ1) is 25.8. The predicted molar refractivity (Wildman–Crippen MR) is 210 cm³/mol. The van der Waals surface area contributed by atoms with Gasteiger partial charge in [0.15, 0.2) is 12.4 Å².